The smallest absolute Gasteiger partial charge is 0.207 e. The van der Waals surface area contributed by atoms with E-state index < -0.39 is 15.8 Å². The van der Waals surface area contributed by atoms with Crippen LogP contribution in [0.5, 0.6) is 0 Å². The third-order valence-corrected chi connectivity index (χ3v) is 7.13. The van der Waals surface area contributed by atoms with E-state index in [2.05, 4.69) is 6.07 Å². The van der Waals surface area contributed by atoms with Crippen LogP contribution in [0.15, 0.2) is 47.4 Å². The summed E-state index contributed by atoms with van der Waals surface area (Å²) in [4.78, 5) is 0.222. The van der Waals surface area contributed by atoms with Gasteiger partial charge < -0.3 is 0 Å². The van der Waals surface area contributed by atoms with Gasteiger partial charge in [-0.3, -0.25) is 0 Å². The molecular weight excluding hydrogens is 325 g/mol. The molecule has 0 spiro atoms. The fraction of sp³-hybridized carbons (Fsp3) is 0.368. The molecule has 1 unspecified atom stereocenters. The van der Waals surface area contributed by atoms with E-state index in [1.165, 1.54) is 23.8 Å². The lowest BCUT2D eigenvalue weighted by atomic mass is 10.1. The first-order valence-electron chi connectivity index (χ1n) is 8.36. The number of benzene rings is 2. The van der Waals surface area contributed by atoms with Gasteiger partial charge in [-0.2, -0.15) is 4.31 Å². The summed E-state index contributed by atoms with van der Waals surface area (Å²) in [6.45, 7) is 1.66. The molecule has 1 atom stereocenters. The molecule has 2 aliphatic carbocycles. The predicted molar refractivity (Wildman–Crippen MR) is 90.7 cm³/mol. The lowest BCUT2D eigenvalue weighted by Gasteiger charge is -2.29. The zero-order chi connectivity index (χ0) is 16.9. The number of halogens is 1. The molecule has 2 aliphatic rings. The van der Waals surface area contributed by atoms with Gasteiger partial charge in [0, 0.05) is 6.04 Å². The highest BCUT2D eigenvalue weighted by Gasteiger charge is 2.45. The quantitative estimate of drug-likeness (QED) is 0.841. The van der Waals surface area contributed by atoms with Crippen molar-refractivity contribution in [1.29, 1.82) is 0 Å². The maximum atomic E-state index is 13.4. The number of hydrogen-bond donors (Lipinski definition) is 0. The number of aryl methyl sites for hydroxylation is 2. The molecule has 2 aromatic carbocycles. The maximum absolute atomic E-state index is 13.4. The highest BCUT2D eigenvalue weighted by atomic mass is 32.2. The Balaban J connectivity index is 1.79. The van der Waals surface area contributed by atoms with Crippen molar-refractivity contribution in [1.82, 2.24) is 4.31 Å². The van der Waals surface area contributed by atoms with Crippen molar-refractivity contribution < 1.29 is 12.8 Å². The average molecular weight is 345 g/mol. The monoisotopic (exact) mass is 345 g/mol. The van der Waals surface area contributed by atoms with Crippen molar-refractivity contribution in [3.8, 4) is 0 Å². The Labute approximate surface area is 142 Å². The van der Waals surface area contributed by atoms with Crippen LogP contribution in [-0.4, -0.2) is 18.8 Å². The van der Waals surface area contributed by atoms with Crippen LogP contribution in [0.4, 0.5) is 4.39 Å². The van der Waals surface area contributed by atoms with E-state index in [1.807, 2.05) is 18.2 Å². The van der Waals surface area contributed by atoms with Crippen LogP contribution in [0.25, 0.3) is 0 Å². The molecule has 0 aromatic heterocycles. The second-order valence-corrected chi connectivity index (χ2v) is 8.54. The number of hydrogen-bond acceptors (Lipinski definition) is 2. The van der Waals surface area contributed by atoms with Crippen LogP contribution < -0.4 is 0 Å². The second-order valence-electron chi connectivity index (χ2n) is 6.73. The third kappa shape index (κ3) is 2.56. The van der Waals surface area contributed by atoms with Crippen molar-refractivity contribution in [2.75, 3.05) is 0 Å². The summed E-state index contributed by atoms with van der Waals surface area (Å²) < 4.78 is 41.8. The van der Waals surface area contributed by atoms with E-state index in [1.54, 1.807) is 11.2 Å². The largest absolute Gasteiger partial charge is 0.244 e. The van der Waals surface area contributed by atoms with Crippen molar-refractivity contribution in [3.05, 3.63) is 65.0 Å². The highest BCUT2D eigenvalue weighted by Crippen LogP contribution is 2.45. The maximum Gasteiger partial charge on any atom is 0.244 e. The van der Waals surface area contributed by atoms with E-state index in [4.69, 9.17) is 0 Å². The molecule has 0 amide bonds. The minimum atomic E-state index is -3.64. The van der Waals surface area contributed by atoms with Crippen molar-refractivity contribution in [2.24, 2.45) is 0 Å². The van der Waals surface area contributed by atoms with Crippen LogP contribution >= 0.6 is 0 Å². The van der Waals surface area contributed by atoms with Crippen LogP contribution in [0.2, 0.25) is 0 Å². The molecule has 0 bridgehead atoms. The molecule has 1 fully saturated rings. The van der Waals surface area contributed by atoms with Crippen molar-refractivity contribution >= 4 is 10.0 Å². The molecule has 24 heavy (non-hydrogen) atoms. The first-order valence-corrected chi connectivity index (χ1v) is 9.80. The van der Waals surface area contributed by atoms with E-state index >= 15 is 0 Å². The lowest BCUT2D eigenvalue weighted by Crippen LogP contribution is -2.36. The molecule has 0 saturated heterocycles. The summed E-state index contributed by atoms with van der Waals surface area (Å²) in [5.74, 6) is -0.407. The van der Waals surface area contributed by atoms with E-state index in [0.717, 1.165) is 31.2 Å². The minimum absolute atomic E-state index is 0.0654. The standard InChI is InChI=1S/C19H20FNO2S/c1-13-12-15(20)7-11-19(13)24(22,23)21(16-8-9-16)18-10-6-14-4-2-3-5-17(14)18/h2-5,7,11-12,16,18H,6,8-10H2,1H3. The Morgan fingerprint density at radius 3 is 2.54 bits per heavy atom. The van der Waals surface area contributed by atoms with Gasteiger partial charge in [0.25, 0.3) is 0 Å². The normalized spacial score (nSPS) is 20.4. The Morgan fingerprint density at radius 2 is 1.83 bits per heavy atom. The SMILES string of the molecule is Cc1cc(F)ccc1S(=O)(=O)N(C1CC1)C1CCc2ccccc21. The minimum Gasteiger partial charge on any atom is -0.207 e. The van der Waals surface area contributed by atoms with E-state index in [-0.39, 0.29) is 17.0 Å². The molecule has 0 aliphatic heterocycles. The van der Waals surface area contributed by atoms with Gasteiger partial charge in [0.15, 0.2) is 0 Å². The Bertz CT molecular complexity index is 890. The van der Waals surface area contributed by atoms with Crippen molar-refractivity contribution in [2.45, 2.75) is 49.6 Å². The fourth-order valence-corrected chi connectivity index (χ4v) is 5.85. The topological polar surface area (TPSA) is 37.4 Å². The first-order chi connectivity index (χ1) is 11.5. The van der Waals surface area contributed by atoms with E-state index in [0.29, 0.717) is 5.56 Å². The van der Waals surface area contributed by atoms with Gasteiger partial charge in [-0.05, 0) is 67.5 Å². The molecule has 4 rings (SSSR count). The van der Waals surface area contributed by atoms with Gasteiger partial charge in [-0.15, -0.1) is 0 Å². The van der Waals surface area contributed by atoms with Crippen molar-refractivity contribution in [3.63, 3.8) is 0 Å². The molecule has 126 valence electrons. The Hall–Kier alpha value is -1.72. The molecule has 0 radical (unpaired) electrons. The zero-order valence-corrected chi connectivity index (χ0v) is 14.4. The van der Waals surface area contributed by atoms with Gasteiger partial charge in [-0.1, -0.05) is 24.3 Å². The number of sulfonamides is 1. The molecule has 0 N–H and O–H groups in total. The van der Waals surface area contributed by atoms with Crippen LogP contribution in [-0.2, 0) is 16.4 Å². The second kappa shape index (κ2) is 5.67. The summed E-state index contributed by atoms with van der Waals surface area (Å²) in [5, 5.41) is 0. The van der Waals surface area contributed by atoms with E-state index in [9.17, 15) is 12.8 Å². The molecule has 0 heterocycles. The van der Waals surface area contributed by atoms with Crippen LogP contribution in [0, 0.1) is 12.7 Å². The lowest BCUT2D eigenvalue weighted by molar-refractivity contribution is 0.314. The molecule has 2 aromatic rings. The number of fused-ring (bicyclic) bond motifs is 1. The predicted octanol–water partition coefficient (Wildman–Crippen LogP) is 3.97. The number of rotatable bonds is 4. The molecular formula is C19H20FNO2S. The van der Waals surface area contributed by atoms with Gasteiger partial charge in [0.2, 0.25) is 10.0 Å². The Morgan fingerprint density at radius 1 is 1.08 bits per heavy atom. The first kappa shape index (κ1) is 15.8. The third-order valence-electron chi connectivity index (χ3n) is 5.01. The summed E-state index contributed by atoms with van der Waals surface area (Å²) in [6.07, 6.45) is 3.52. The van der Waals surface area contributed by atoms with Gasteiger partial charge >= 0.3 is 0 Å². The summed E-state index contributed by atoms with van der Waals surface area (Å²) in [6, 6.07) is 12.0. The highest BCUT2D eigenvalue weighted by molar-refractivity contribution is 7.89. The number of nitrogens with zero attached hydrogens (tertiary/aromatic N) is 1. The van der Waals surface area contributed by atoms with Crippen LogP contribution in [0.3, 0.4) is 0 Å². The van der Waals surface area contributed by atoms with Gasteiger partial charge in [0.1, 0.15) is 5.82 Å². The summed E-state index contributed by atoms with van der Waals surface area (Å²) in [7, 11) is -3.64. The summed E-state index contributed by atoms with van der Waals surface area (Å²) >= 11 is 0. The molecule has 5 heteroatoms. The van der Waals surface area contributed by atoms with Gasteiger partial charge in [0.05, 0.1) is 10.9 Å². The zero-order valence-electron chi connectivity index (χ0n) is 13.6. The van der Waals surface area contributed by atoms with Gasteiger partial charge in [-0.25, -0.2) is 12.8 Å². The molecule has 3 nitrogen and oxygen atoms in total. The average Bonchev–Trinajstić information content (AvgIpc) is 3.27. The van der Waals surface area contributed by atoms with Crippen LogP contribution in [0.1, 0.15) is 42.0 Å². The fourth-order valence-electron chi connectivity index (χ4n) is 3.76. The molecule has 1 saturated carbocycles. The Kier molecular flexibility index (Phi) is 3.73. The summed E-state index contributed by atoms with van der Waals surface area (Å²) in [5.41, 5.74) is 2.82.